The Bertz CT molecular complexity index is 778. The Morgan fingerprint density at radius 1 is 1.17 bits per heavy atom. The highest BCUT2D eigenvalue weighted by Crippen LogP contribution is 2.24. The lowest BCUT2D eigenvalue weighted by Gasteiger charge is -2.44. The second-order valence-electron chi connectivity index (χ2n) is 7.57. The lowest BCUT2D eigenvalue weighted by atomic mass is 10.1. The zero-order chi connectivity index (χ0) is 20.8. The van der Waals surface area contributed by atoms with Gasteiger partial charge in [-0.3, -0.25) is 9.69 Å². The van der Waals surface area contributed by atoms with Gasteiger partial charge >= 0.3 is 0 Å². The van der Waals surface area contributed by atoms with E-state index in [2.05, 4.69) is 23.7 Å². The molecule has 0 spiro atoms. The number of hydrogen-bond donors (Lipinski definition) is 0. The normalized spacial score (nSPS) is 20.1. The van der Waals surface area contributed by atoms with Crippen molar-refractivity contribution in [3.8, 4) is 17.1 Å². The average molecular weight is 402 g/mol. The van der Waals surface area contributed by atoms with Crippen molar-refractivity contribution in [3.63, 3.8) is 0 Å². The molecule has 29 heavy (non-hydrogen) atoms. The van der Waals surface area contributed by atoms with Crippen LogP contribution in [0.25, 0.3) is 11.3 Å². The van der Waals surface area contributed by atoms with E-state index in [1.54, 1.807) is 20.4 Å². The fourth-order valence-corrected chi connectivity index (χ4v) is 3.88. The minimum atomic E-state index is 0.152. The molecule has 3 rings (SSSR count). The largest absolute Gasteiger partial charge is 0.497 e. The average Bonchev–Trinajstić information content (AvgIpc) is 3.20. The molecule has 0 bridgehead atoms. The fraction of sp³-hybridized carbons (Fsp3) is 0.545. The molecule has 1 aliphatic rings. The number of methoxy groups -OCH3 is 2. The van der Waals surface area contributed by atoms with E-state index >= 15 is 0 Å². The van der Waals surface area contributed by atoms with E-state index in [4.69, 9.17) is 13.9 Å². The number of amides is 1. The molecule has 2 unspecified atom stereocenters. The van der Waals surface area contributed by atoms with E-state index < -0.39 is 0 Å². The topological polar surface area (TPSA) is 68.0 Å². The van der Waals surface area contributed by atoms with Gasteiger partial charge in [0.1, 0.15) is 5.75 Å². The summed E-state index contributed by atoms with van der Waals surface area (Å²) in [6.45, 7) is 7.43. The van der Waals surface area contributed by atoms with Gasteiger partial charge in [0.15, 0.2) is 11.7 Å². The summed E-state index contributed by atoms with van der Waals surface area (Å²) >= 11 is 0. The predicted octanol–water partition coefficient (Wildman–Crippen LogP) is 2.85. The van der Waals surface area contributed by atoms with Crippen LogP contribution in [0.15, 0.2) is 34.9 Å². The number of piperazine rings is 1. The summed E-state index contributed by atoms with van der Waals surface area (Å²) in [4.78, 5) is 21.4. The van der Waals surface area contributed by atoms with E-state index in [1.807, 2.05) is 29.2 Å². The Morgan fingerprint density at radius 3 is 2.48 bits per heavy atom. The summed E-state index contributed by atoms with van der Waals surface area (Å²) < 4.78 is 16.2. The molecule has 1 saturated heterocycles. The Morgan fingerprint density at radius 2 is 1.86 bits per heavy atom. The van der Waals surface area contributed by atoms with Crippen LogP contribution in [0.4, 0.5) is 0 Å². The van der Waals surface area contributed by atoms with Gasteiger partial charge in [0, 0.05) is 57.2 Å². The fourth-order valence-electron chi connectivity index (χ4n) is 3.88. The summed E-state index contributed by atoms with van der Waals surface area (Å²) in [5.41, 5.74) is 0.936. The Balaban J connectivity index is 1.52. The quantitative estimate of drug-likeness (QED) is 0.678. The molecule has 7 heteroatoms. The lowest BCUT2D eigenvalue weighted by Crippen LogP contribution is -2.58. The number of rotatable bonds is 8. The molecular weight excluding hydrogens is 370 g/mol. The molecule has 1 aromatic heterocycles. The third-order valence-electron chi connectivity index (χ3n) is 5.49. The molecule has 1 aromatic carbocycles. The SMILES string of the molecule is COCCN1C(C)CN(C(=O)CCc2ncc(-c3ccc(OC)cc3)o2)CC1C. The Kier molecular flexibility index (Phi) is 7.28. The monoisotopic (exact) mass is 401 g/mol. The summed E-state index contributed by atoms with van der Waals surface area (Å²) in [7, 11) is 3.36. The van der Waals surface area contributed by atoms with E-state index in [9.17, 15) is 4.79 Å². The number of oxazole rings is 1. The number of benzene rings is 1. The molecule has 2 heterocycles. The molecule has 1 amide bonds. The van der Waals surface area contributed by atoms with Crippen LogP contribution < -0.4 is 4.74 Å². The third kappa shape index (κ3) is 5.36. The van der Waals surface area contributed by atoms with Crippen LogP contribution in [0.1, 0.15) is 26.2 Å². The standard InChI is InChI=1S/C22H31N3O4/c1-16-14-24(15-17(2)25(16)11-12-27-3)22(26)10-9-21-23-13-20(29-21)18-5-7-19(28-4)8-6-18/h5-8,13,16-17H,9-12,14-15H2,1-4H3. The maximum absolute atomic E-state index is 12.7. The molecule has 1 fully saturated rings. The number of ether oxygens (including phenoxy) is 2. The van der Waals surface area contributed by atoms with Crippen LogP contribution in [-0.2, 0) is 16.0 Å². The molecule has 7 nitrogen and oxygen atoms in total. The first-order valence-electron chi connectivity index (χ1n) is 10.1. The van der Waals surface area contributed by atoms with Gasteiger partial charge in [-0.1, -0.05) is 0 Å². The smallest absolute Gasteiger partial charge is 0.223 e. The summed E-state index contributed by atoms with van der Waals surface area (Å²) in [5.74, 6) is 2.23. The van der Waals surface area contributed by atoms with E-state index in [0.29, 0.717) is 43.2 Å². The van der Waals surface area contributed by atoms with Crippen molar-refractivity contribution in [1.29, 1.82) is 0 Å². The van der Waals surface area contributed by atoms with Crippen LogP contribution in [0.2, 0.25) is 0 Å². The molecule has 0 N–H and O–H groups in total. The van der Waals surface area contributed by atoms with E-state index in [1.165, 1.54) is 0 Å². The first kappa shape index (κ1) is 21.3. The van der Waals surface area contributed by atoms with Crippen molar-refractivity contribution in [2.24, 2.45) is 0 Å². The molecule has 0 radical (unpaired) electrons. The summed E-state index contributed by atoms with van der Waals surface area (Å²) in [6.07, 6.45) is 2.61. The molecule has 2 atom stereocenters. The lowest BCUT2D eigenvalue weighted by molar-refractivity contribution is -0.135. The van der Waals surface area contributed by atoms with Gasteiger partial charge in [0.05, 0.1) is 19.9 Å². The molecule has 0 saturated carbocycles. The maximum atomic E-state index is 12.7. The molecule has 1 aliphatic heterocycles. The van der Waals surface area contributed by atoms with Gasteiger partial charge in [0.25, 0.3) is 0 Å². The number of carbonyl (C=O) groups is 1. The number of hydrogen-bond acceptors (Lipinski definition) is 6. The number of nitrogens with zero attached hydrogens (tertiary/aromatic N) is 3. The van der Waals surface area contributed by atoms with Crippen molar-refractivity contribution >= 4 is 5.91 Å². The van der Waals surface area contributed by atoms with Gasteiger partial charge in [0.2, 0.25) is 5.91 Å². The minimum absolute atomic E-state index is 0.152. The molecular formula is C22H31N3O4. The predicted molar refractivity (Wildman–Crippen MR) is 111 cm³/mol. The second-order valence-corrected chi connectivity index (χ2v) is 7.57. The zero-order valence-electron chi connectivity index (χ0n) is 17.8. The van der Waals surface area contributed by atoms with Crippen LogP contribution in [-0.4, -0.2) is 73.2 Å². The van der Waals surface area contributed by atoms with Crippen LogP contribution >= 0.6 is 0 Å². The molecule has 0 aliphatic carbocycles. The van der Waals surface area contributed by atoms with Gasteiger partial charge in [-0.05, 0) is 38.1 Å². The number of aromatic nitrogens is 1. The van der Waals surface area contributed by atoms with Crippen LogP contribution in [0, 0.1) is 0 Å². The van der Waals surface area contributed by atoms with Gasteiger partial charge in [-0.2, -0.15) is 0 Å². The highest BCUT2D eigenvalue weighted by Gasteiger charge is 2.31. The van der Waals surface area contributed by atoms with Gasteiger partial charge in [-0.25, -0.2) is 4.98 Å². The van der Waals surface area contributed by atoms with Gasteiger partial charge < -0.3 is 18.8 Å². The minimum Gasteiger partial charge on any atom is -0.497 e. The van der Waals surface area contributed by atoms with Crippen LogP contribution in [0.3, 0.4) is 0 Å². The maximum Gasteiger partial charge on any atom is 0.223 e. The van der Waals surface area contributed by atoms with E-state index in [-0.39, 0.29) is 5.91 Å². The first-order valence-corrected chi connectivity index (χ1v) is 10.1. The van der Waals surface area contributed by atoms with Gasteiger partial charge in [-0.15, -0.1) is 0 Å². The Labute approximate surface area is 172 Å². The Hall–Kier alpha value is -2.38. The highest BCUT2D eigenvalue weighted by atomic mass is 16.5. The number of aryl methyl sites for hydroxylation is 1. The van der Waals surface area contributed by atoms with Crippen molar-refractivity contribution in [3.05, 3.63) is 36.4 Å². The molecule has 158 valence electrons. The first-order chi connectivity index (χ1) is 14.0. The van der Waals surface area contributed by atoms with Crippen molar-refractivity contribution in [2.45, 2.75) is 38.8 Å². The molecule has 2 aromatic rings. The summed E-state index contributed by atoms with van der Waals surface area (Å²) in [5, 5.41) is 0. The third-order valence-corrected chi connectivity index (χ3v) is 5.49. The van der Waals surface area contributed by atoms with Crippen molar-refractivity contribution in [1.82, 2.24) is 14.8 Å². The second kappa shape index (κ2) is 9.89. The zero-order valence-corrected chi connectivity index (χ0v) is 17.8. The highest BCUT2D eigenvalue weighted by molar-refractivity contribution is 5.76. The van der Waals surface area contributed by atoms with Crippen LogP contribution in [0.5, 0.6) is 5.75 Å². The van der Waals surface area contributed by atoms with E-state index in [0.717, 1.165) is 30.9 Å². The van der Waals surface area contributed by atoms with Crippen molar-refractivity contribution < 1.29 is 18.7 Å². The van der Waals surface area contributed by atoms with Crippen molar-refractivity contribution in [2.75, 3.05) is 40.5 Å². The summed E-state index contributed by atoms with van der Waals surface area (Å²) in [6, 6.07) is 8.27. The number of carbonyl (C=O) groups excluding carboxylic acids is 1.